The summed E-state index contributed by atoms with van der Waals surface area (Å²) in [6.45, 7) is 4.10. The highest BCUT2D eigenvalue weighted by atomic mass is 16.5. The number of pyridine rings is 1. The predicted molar refractivity (Wildman–Crippen MR) is 98.8 cm³/mol. The summed E-state index contributed by atoms with van der Waals surface area (Å²) in [6, 6.07) is 4.28. The molecular weight excluding hydrogens is 328 g/mol. The summed E-state index contributed by atoms with van der Waals surface area (Å²) in [7, 11) is 0. The van der Waals surface area contributed by atoms with E-state index in [1.54, 1.807) is 4.57 Å². The topological polar surface area (TPSA) is 73.3 Å². The quantitative estimate of drug-likeness (QED) is 0.792. The van der Waals surface area contributed by atoms with Crippen molar-refractivity contribution in [3.05, 3.63) is 41.1 Å². The van der Waals surface area contributed by atoms with Gasteiger partial charge in [0.05, 0.1) is 6.04 Å². The van der Waals surface area contributed by atoms with Crippen LogP contribution in [-0.2, 0) is 12.8 Å². The van der Waals surface area contributed by atoms with Crippen LogP contribution >= 0.6 is 0 Å². The molecule has 0 amide bonds. The average molecular weight is 356 g/mol. The summed E-state index contributed by atoms with van der Waals surface area (Å²) < 4.78 is 6.90. The van der Waals surface area contributed by atoms with Gasteiger partial charge in [-0.2, -0.15) is 4.98 Å². The highest BCUT2D eigenvalue weighted by Crippen LogP contribution is 2.19. The number of carbonyl (C=O) groups is 1. The second-order valence-electron chi connectivity index (χ2n) is 7.10. The van der Waals surface area contributed by atoms with Gasteiger partial charge in [-0.15, -0.1) is 0 Å². The zero-order valence-corrected chi connectivity index (χ0v) is 15.8. The standard InChI is InChI=1S/C20H28N4O2/c1-3-7-17-22-19(26-23-17)10-11-20(25)24-13-12-15(2)14-18(24)21-16-8-5-4-6-9-16/h12-14,16H,3-11H2,1-2H3. The molecule has 1 fully saturated rings. The number of hydrogen-bond donors (Lipinski definition) is 0. The van der Waals surface area contributed by atoms with E-state index in [4.69, 9.17) is 9.52 Å². The normalized spacial score (nSPS) is 16.2. The third kappa shape index (κ3) is 4.90. The van der Waals surface area contributed by atoms with Crippen LogP contribution in [0, 0.1) is 6.92 Å². The van der Waals surface area contributed by atoms with Crippen molar-refractivity contribution in [2.24, 2.45) is 4.99 Å². The van der Waals surface area contributed by atoms with Crippen molar-refractivity contribution < 1.29 is 9.32 Å². The molecular formula is C20H28N4O2. The van der Waals surface area contributed by atoms with Crippen LogP contribution in [0.15, 0.2) is 27.8 Å². The molecule has 26 heavy (non-hydrogen) atoms. The van der Waals surface area contributed by atoms with Gasteiger partial charge in [-0.25, -0.2) is 0 Å². The first-order chi connectivity index (χ1) is 12.7. The van der Waals surface area contributed by atoms with Gasteiger partial charge in [0.2, 0.25) is 11.8 Å². The van der Waals surface area contributed by atoms with E-state index in [2.05, 4.69) is 17.1 Å². The Morgan fingerprint density at radius 2 is 2.12 bits per heavy atom. The monoisotopic (exact) mass is 356 g/mol. The average Bonchev–Trinajstić information content (AvgIpc) is 3.09. The molecule has 2 aromatic heterocycles. The van der Waals surface area contributed by atoms with Crippen LogP contribution in [0.5, 0.6) is 0 Å². The smallest absolute Gasteiger partial charge is 0.232 e. The molecule has 140 valence electrons. The summed E-state index contributed by atoms with van der Waals surface area (Å²) in [5, 5.41) is 3.94. The van der Waals surface area contributed by atoms with Gasteiger partial charge in [0.1, 0.15) is 5.49 Å². The number of hydrogen-bond acceptors (Lipinski definition) is 5. The minimum absolute atomic E-state index is 0.00907. The summed E-state index contributed by atoms with van der Waals surface area (Å²) in [4.78, 5) is 21.9. The Morgan fingerprint density at radius 3 is 2.88 bits per heavy atom. The zero-order chi connectivity index (χ0) is 18.4. The van der Waals surface area contributed by atoms with Crippen molar-refractivity contribution in [3.8, 4) is 0 Å². The van der Waals surface area contributed by atoms with Crippen LogP contribution in [-0.4, -0.2) is 26.7 Å². The molecule has 6 nitrogen and oxygen atoms in total. The maximum Gasteiger partial charge on any atom is 0.232 e. The van der Waals surface area contributed by atoms with E-state index >= 15 is 0 Å². The molecule has 1 saturated carbocycles. The second-order valence-corrected chi connectivity index (χ2v) is 7.10. The van der Waals surface area contributed by atoms with Crippen LogP contribution in [0.4, 0.5) is 0 Å². The molecule has 0 bridgehead atoms. The van der Waals surface area contributed by atoms with Crippen molar-refractivity contribution in [2.45, 2.75) is 77.7 Å². The Balaban J connectivity index is 1.72. The van der Waals surface area contributed by atoms with Crippen LogP contribution in [0.3, 0.4) is 0 Å². The minimum atomic E-state index is 0.00907. The molecule has 0 aromatic carbocycles. The summed E-state index contributed by atoms with van der Waals surface area (Å²) in [5.41, 5.74) is 1.88. The Kier molecular flexibility index (Phi) is 6.36. The van der Waals surface area contributed by atoms with Crippen LogP contribution in [0.1, 0.15) is 73.9 Å². The fourth-order valence-corrected chi connectivity index (χ4v) is 3.35. The van der Waals surface area contributed by atoms with Crippen LogP contribution in [0.25, 0.3) is 0 Å². The summed E-state index contributed by atoms with van der Waals surface area (Å²) >= 11 is 0. The van der Waals surface area contributed by atoms with E-state index in [0.717, 1.165) is 36.7 Å². The second kappa shape index (κ2) is 8.92. The first-order valence-electron chi connectivity index (χ1n) is 9.73. The van der Waals surface area contributed by atoms with Gasteiger partial charge < -0.3 is 4.52 Å². The maximum atomic E-state index is 12.7. The first kappa shape index (κ1) is 18.5. The van der Waals surface area contributed by atoms with Crippen molar-refractivity contribution in [2.75, 3.05) is 0 Å². The van der Waals surface area contributed by atoms with Gasteiger partial charge in [-0.05, 0) is 43.9 Å². The molecule has 0 spiro atoms. The van der Waals surface area contributed by atoms with E-state index < -0.39 is 0 Å². The van der Waals surface area contributed by atoms with E-state index in [1.807, 2.05) is 25.3 Å². The van der Waals surface area contributed by atoms with Gasteiger partial charge in [0.25, 0.3) is 0 Å². The summed E-state index contributed by atoms with van der Waals surface area (Å²) in [6.07, 6.45) is 10.4. The highest BCUT2D eigenvalue weighted by Gasteiger charge is 2.14. The van der Waals surface area contributed by atoms with Gasteiger partial charge >= 0.3 is 0 Å². The van der Waals surface area contributed by atoms with Crippen LogP contribution in [0.2, 0.25) is 0 Å². The molecule has 6 heteroatoms. The number of carbonyl (C=O) groups excluding carboxylic acids is 1. The van der Waals surface area contributed by atoms with Gasteiger partial charge in [0, 0.05) is 25.5 Å². The largest absolute Gasteiger partial charge is 0.339 e. The lowest BCUT2D eigenvalue weighted by atomic mass is 9.96. The van der Waals surface area contributed by atoms with Gasteiger partial charge in [0.15, 0.2) is 5.82 Å². The molecule has 3 rings (SSSR count). The third-order valence-corrected chi connectivity index (χ3v) is 4.78. The van der Waals surface area contributed by atoms with Crippen molar-refractivity contribution in [3.63, 3.8) is 0 Å². The molecule has 1 aliphatic carbocycles. The Labute approximate surface area is 154 Å². The van der Waals surface area contributed by atoms with E-state index in [-0.39, 0.29) is 5.91 Å². The lowest BCUT2D eigenvalue weighted by Crippen LogP contribution is -2.29. The number of rotatable bonds is 6. The molecule has 0 aliphatic heterocycles. The van der Waals surface area contributed by atoms with E-state index in [0.29, 0.717) is 30.6 Å². The van der Waals surface area contributed by atoms with Gasteiger partial charge in [-0.3, -0.25) is 14.4 Å². The Hall–Kier alpha value is -2.24. The molecule has 0 saturated heterocycles. The molecule has 0 N–H and O–H groups in total. The highest BCUT2D eigenvalue weighted by molar-refractivity contribution is 5.78. The predicted octanol–water partition coefficient (Wildman–Crippen LogP) is 3.64. The number of nitrogens with zero attached hydrogens (tertiary/aromatic N) is 4. The fourth-order valence-electron chi connectivity index (χ4n) is 3.35. The molecule has 1 aliphatic rings. The molecule has 0 radical (unpaired) electrons. The van der Waals surface area contributed by atoms with Crippen molar-refractivity contribution in [1.29, 1.82) is 0 Å². The minimum Gasteiger partial charge on any atom is -0.339 e. The van der Waals surface area contributed by atoms with Crippen LogP contribution < -0.4 is 5.49 Å². The molecule has 2 aromatic rings. The fraction of sp³-hybridized carbons (Fsp3) is 0.600. The number of aryl methyl sites for hydroxylation is 3. The van der Waals surface area contributed by atoms with Gasteiger partial charge in [-0.1, -0.05) is 31.3 Å². The Morgan fingerprint density at radius 1 is 1.31 bits per heavy atom. The first-order valence-corrected chi connectivity index (χ1v) is 9.73. The zero-order valence-electron chi connectivity index (χ0n) is 15.8. The lowest BCUT2D eigenvalue weighted by Gasteiger charge is -2.18. The van der Waals surface area contributed by atoms with E-state index in [1.165, 1.54) is 19.3 Å². The number of aromatic nitrogens is 3. The maximum absolute atomic E-state index is 12.7. The summed E-state index contributed by atoms with van der Waals surface area (Å²) in [5.74, 6) is 1.25. The molecule has 0 atom stereocenters. The van der Waals surface area contributed by atoms with Crippen molar-refractivity contribution in [1.82, 2.24) is 14.7 Å². The lowest BCUT2D eigenvalue weighted by molar-refractivity contribution is 0.0893. The molecule has 2 heterocycles. The SMILES string of the molecule is CCCc1noc(CCC(=O)n2ccc(C)cc2=NC2CCCCC2)n1. The van der Waals surface area contributed by atoms with E-state index in [9.17, 15) is 4.79 Å². The molecule has 0 unspecified atom stereocenters. The third-order valence-electron chi connectivity index (χ3n) is 4.78. The Bertz CT molecular complexity index is 800. The van der Waals surface area contributed by atoms with Crippen molar-refractivity contribution >= 4 is 5.91 Å².